The largest absolute Gasteiger partial charge is 0.388 e. The van der Waals surface area contributed by atoms with Crippen molar-refractivity contribution in [3.63, 3.8) is 0 Å². The van der Waals surface area contributed by atoms with E-state index < -0.39 is 0 Å². The molecule has 3 nitrogen and oxygen atoms in total. The Morgan fingerprint density at radius 2 is 2.12 bits per heavy atom. The van der Waals surface area contributed by atoms with E-state index in [1.807, 2.05) is 7.05 Å². The van der Waals surface area contributed by atoms with Crippen molar-refractivity contribution in [1.29, 1.82) is 0 Å². The van der Waals surface area contributed by atoms with Crippen LogP contribution in [-0.4, -0.2) is 26.8 Å². The molecule has 0 aromatic heterocycles. The van der Waals surface area contributed by atoms with Gasteiger partial charge in [0.25, 0.3) is 0 Å². The molecule has 94 valence electrons. The third-order valence-electron chi connectivity index (χ3n) is 3.32. The first kappa shape index (κ1) is 12.4. The van der Waals surface area contributed by atoms with Gasteiger partial charge in [0, 0.05) is 32.5 Å². The Morgan fingerprint density at radius 3 is 2.88 bits per heavy atom. The molecule has 1 saturated heterocycles. The van der Waals surface area contributed by atoms with E-state index in [1.54, 1.807) is 0 Å². The van der Waals surface area contributed by atoms with E-state index in [4.69, 9.17) is 4.74 Å². The van der Waals surface area contributed by atoms with Crippen molar-refractivity contribution in [2.45, 2.75) is 19.4 Å². The second-order valence-corrected chi connectivity index (χ2v) is 4.64. The standard InChI is InChI=1S/C14H22N2O/c1-15-14-4-2-3-13(9-14)11-16-10-12-5-7-17-8-6-12/h2-4,9,12,15-16H,5-8,10-11H2,1H3. The molecule has 2 rings (SSSR count). The first-order valence-electron chi connectivity index (χ1n) is 6.43. The summed E-state index contributed by atoms with van der Waals surface area (Å²) in [6, 6.07) is 8.54. The molecule has 0 bridgehead atoms. The summed E-state index contributed by atoms with van der Waals surface area (Å²) in [4.78, 5) is 0. The molecule has 1 aliphatic rings. The summed E-state index contributed by atoms with van der Waals surface area (Å²) < 4.78 is 5.36. The summed E-state index contributed by atoms with van der Waals surface area (Å²) >= 11 is 0. The molecule has 0 aliphatic carbocycles. The molecule has 1 fully saturated rings. The predicted octanol–water partition coefficient (Wildman–Crippen LogP) is 2.24. The number of hydrogen-bond acceptors (Lipinski definition) is 3. The molecular weight excluding hydrogens is 212 g/mol. The second-order valence-electron chi connectivity index (χ2n) is 4.64. The summed E-state index contributed by atoms with van der Waals surface area (Å²) in [5.74, 6) is 0.788. The van der Waals surface area contributed by atoms with E-state index in [9.17, 15) is 0 Å². The summed E-state index contributed by atoms with van der Waals surface area (Å²) in [7, 11) is 1.95. The lowest BCUT2D eigenvalue weighted by Gasteiger charge is -2.22. The van der Waals surface area contributed by atoms with Crippen LogP contribution in [-0.2, 0) is 11.3 Å². The maximum atomic E-state index is 5.36. The van der Waals surface area contributed by atoms with E-state index in [1.165, 1.54) is 24.1 Å². The molecule has 1 aromatic rings. The van der Waals surface area contributed by atoms with Crippen LogP contribution >= 0.6 is 0 Å². The minimum absolute atomic E-state index is 0.788. The monoisotopic (exact) mass is 234 g/mol. The lowest BCUT2D eigenvalue weighted by atomic mass is 10.0. The van der Waals surface area contributed by atoms with Gasteiger partial charge in [0.05, 0.1) is 0 Å². The first-order valence-corrected chi connectivity index (χ1v) is 6.43. The van der Waals surface area contributed by atoms with Crippen molar-refractivity contribution in [3.8, 4) is 0 Å². The van der Waals surface area contributed by atoms with Crippen LogP contribution in [0.25, 0.3) is 0 Å². The zero-order chi connectivity index (χ0) is 11.9. The molecule has 1 aliphatic heterocycles. The minimum atomic E-state index is 0.788. The molecule has 1 aromatic carbocycles. The van der Waals surface area contributed by atoms with Crippen LogP contribution in [0.4, 0.5) is 5.69 Å². The van der Waals surface area contributed by atoms with Gasteiger partial charge >= 0.3 is 0 Å². The topological polar surface area (TPSA) is 33.3 Å². The Balaban J connectivity index is 1.73. The molecule has 0 spiro atoms. The smallest absolute Gasteiger partial charge is 0.0469 e. The number of ether oxygens (including phenoxy) is 1. The summed E-state index contributed by atoms with van der Waals surface area (Å²) in [5.41, 5.74) is 2.51. The van der Waals surface area contributed by atoms with Crippen molar-refractivity contribution < 1.29 is 4.74 Å². The highest BCUT2D eigenvalue weighted by atomic mass is 16.5. The summed E-state index contributed by atoms with van der Waals surface area (Å²) in [5, 5.41) is 6.70. The highest BCUT2D eigenvalue weighted by molar-refractivity contribution is 5.44. The van der Waals surface area contributed by atoms with Gasteiger partial charge < -0.3 is 15.4 Å². The van der Waals surface area contributed by atoms with Gasteiger partial charge in [-0.15, -0.1) is 0 Å². The number of hydrogen-bond donors (Lipinski definition) is 2. The van der Waals surface area contributed by atoms with E-state index in [-0.39, 0.29) is 0 Å². The lowest BCUT2D eigenvalue weighted by molar-refractivity contribution is 0.0662. The average molecular weight is 234 g/mol. The molecule has 2 N–H and O–H groups in total. The van der Waals surface area contributed by atoms with Crippen LogP contribution in [0.2, 0.25) is 0 Å². The van der Waals surface area contributed by atoms with Crippen molar-refractivity contribution in [2.24, 2.45) is 5.92 Å². The average Bonchev–Trinajstić information content (AvgIpc) is 2.40. The fourth-order valence-corrected chi connectivity index (χ4v) is 2.21. The molecule has 0 atom stereocenters. The van der Waals surface area contributed by atoms with Crippen LogP contribution in [0.1, 0.15) is 18.4 Å². The summed E-state index contributed by atoms with van der Waals surface area (Å²) in [6.07, 6.45) is 2.40. The molecule has 0 saturated carbocycles. The quantitative estimate of drug-likeness (QED) is 0.820. The van der Waals surface area contributed by atoms with Gasteiger partial charge in [-0.25, -0.2) is 0 Å². The highest BCUT2D eigenvalue weighted by Crippen LogP contribution is 2.14. The maximum absolute atomic E-state index is 5.36. The van der Waals surface area contributed by atoms with Crippen LogP contribution in [0, 0.1) is 5.92 Å². The SMILES string of the molecule is CNc1cccc(CNCC2CCOCC2)c1. The van der Waals surface area contributed by atoms with Crippen LogP contribution < -0.4 is 10.6 Å². The third kappa shape index (κ3) is 4.02. The van der Waals surface area contributed by atoms with E-state index in [2.05, 4.69) is 34.9 Å². The molecule has 3 heteroatoms. The van der Waals surface area contributed by atoms with Gasteiger partial charge in [0.15, 0.2) is 0 Å². The summed E-state index contributed by atoms with van der Waals surface area (Å²) in [6.45, 7) is 3.92. The zero-order valence-corrected chi connectivity index (χ0v) is 10.5. The normalized spacial score (nSPS) is 17.0. The first-order chi connectivity index (χ1) is 8.38. The van der Waals surface area contributed by atoms with Gasteiger partial charge in [-0.1, -0.05) is 12.1 Å². The molecule has 0 unspecified atom stereocenters. The number of rotatable bonds is 5. The van der Waals surface area contributed by atoms with Crippen LogP contribution in [0.3, 0.4) is 0 Å². The molecule has 0 amide bonds. The van der Waals surface area contributed by atoms with Crippen molar-refractivity contribution in [3.05, 3.63) is 29.8 Å². The van der Waals surface area contributed by atoms with Gasteiger partial charge in [-0.2, -0.15) is 0 Å². The number of anilines is 1. The third-order valence-corrected chi connectivity index (χ3v) is 3.32. The van der Waals surface area contributed by atoms with E-state index in [0.717, 1.165) is 32.2 Å². The molecule has 0 radical (unpaired) electrons. The van der Waals surface area contributed by atoms with Gasteiger partial charge in [0.1, 0.15) is 0 Å². The van der Waals surface area contributed by atoms with E-state index >= 15 is 0 Å². The Hall–Kier alpha value is -1.06. The Labute approximate surface area is 104 Å². The number of nitrogens with one attached hydrogen (secondary N) is 2. The minimum Gasteiger partial charge on any atom is -0.388 e. The van der Waals surface area contributed by atoms with Crippen molar-refractivity contribution in [2.75, 3.05) is 32.1 Å². The molecule has 17 heavy (non-hydrogen) atoms. The van der Waals surface area contributed by atoms with E-state index in [0.29, 0.717) is 0 Å². The molecule has 1 heterocycles. The zero-order valence-electron chi connectivity index (χ0n) is 10.5. The van der Waals surface area contributed by atoms with Gasteiger partial charge in [-0.05, 0) is 43.0 Å². The second kappa shape index (κ2) is 6.62. The highest BCUT2D eigenvalue weighted by Gasteiger charge is 2.12. The maximum Gasteiger partial charge on any atom is 0.0469 e. The Kier molecular flexibility index (Phi) is 4.83. The van der Waals surface area contributed by atoms with Crippen LogP contribution in [0.15, 0.2) is 24.3 Å². The van der Waals surface area contributed by atoms with Gasteiger partial charge in [0.2, 0.25) is 0 Å². The van der Waals surface area contributed by atoms with Gasteiger partial charge in [-0.3, -0.25) is 0 Å². The predicted molar refractivity (Wildman–Crippen MR) is 71.2 cm³/mol. The fourth-order valence-electron chi connectivity index (χ4n) is 2.21. The van der Waals surface area contributed by atoms with Crippen LogP contribution in [0.5, 0.6) is 0 Å². The van der Waals surface area contributed by atoms with Crippen molar-refractivity contribution in [1.82, 2.24) is 5.32 Å². The fraction of sp³-hybridized carbons (Fsp3) is 0.571. The lowest BCUT2D eigenvalue weighted by Crippen LogP contribution is -2.27. The Bertz CT molecular complexity index is 335. The number of benzene rings is 1. The Morgan fingerprint density at radius 1 is 1.29 bits per heavy atom. The molecular formula is C14H22N2O. The van der Waals surface area contributed by atoms with Crippen molar-refractivity contribution >= 4 is 5.69 Å².